The number of hydrogen-bond acceptors (Lipinski definition) is 4. The molecular formula is C20H18Cl2FN3OS. The summed E-state index contributed by atoms with van der Waals surface area (Å²) in [4.78, 5) is 0. The SMILES string of the molecule is C=CCn1c(SCc2c(F)cccc2Cl)nnc1C(C)Oc1ccccc1Cl. The first-order valence-corrected chi connectivity index (χ1v) is 10.3. The Bertz CT molecular complexity index is 960. The summed E-state index contributed by atoms with van der Waals surface area (Å²) in [6.07, 6.45) is 1.36. The molecule has 4 nitrogen and oxygen atoms in total. The first-order valence-electron chi connectivity index (χ1n) is 8.52. The van der Waals surface area contributed by atoms with Crippen molar-refractivity contribution in [3.63, 3.8) is 0 Å². The summed E-state index contributed by atoms with van der Waals surface area (Å²) < 4.78 is 21.9. The lowest BCUT2D eigenvalue weighted by molar-refractivity contribution is 0.210. The zero-order valence-corrected chi connectivity index (χ0v) is 17.4. The molecule has 28 heavy (non-hydrogen) atoms. The van der Waals surface area contributed by atoms with Crippen molar-refractivity contribution in [1.82, 2.24) is 14.8 Å². The lowest BCUT2D eigenvalue weighted by Crippen LogP contribution is -2.12. The highest BCUT2D eigenvalue weighted by Crippen LogP contribution is 2.31. The first-order chi connectivity index (χ1) is 13.5. The molecule has 0 saturated heterocycles. The van der Waals surface area contributed by atoms with Crippen molar-refractivity contribution < 1.29 is 9.13 Å². The van der Waals surface area contributed by atoms with Crippen molar-refractivity contribution in [3.05, 3.63) is 82.4 Å². The van der Waals surface area contributed by atoms with E-state index in [-0.39, 0.29) is 5.82 Å². The zero-order chi connectivity index (χ0) is 20.1. The van der Waals surface area contributed by atoms with Crippen molar-refractivity contribution in [3.8, 4) is 5.75 Å². The third kappa shape index (κ3) is 4.69. The molecule has 3 rings (SSSR count). The third-order valence-electron chi connectivity index (χ3n) is 3.97. The van der Waals surface area contributed by atoms with E-state index < -0.39 is 6.10 Å². The molecule has 146 valence electrons. The molecule has 0 amide bonds. The van der Waals surface area contributed by atoms with Crippen LogP contribution in [0.5, 0.6) is 5.75 Å². The highest BCUT2D eigenvalue weighted by Gasteiger charge is 2.20. The van der Waals surface area contributed by atoms with Gasteiger partial charge in [0.05, 0.1) is 5.02 Å². The monoisotopic (exact) mass is 437 g/mol. The van der Waals surface area contributed by atoms with Crippen molar-refractivity contribution >= 4 is 35.0 Å². The fourth-order valence-corrected chi connectivity index (χ4v) is 4.08. The number of thioether (sulfide) groups is 1. The second kappa shape index (κ2) is 9.45. The molecule has 8 heteroatoms. The molecule has 0 bridgehead atoms. The maximum Gasteiger partial charge on any atom is 0.191 e. The van der Waals surface area contributed by atoms with Gasteiger partial charge in [0, 0.05) is 22.9 Å². The van der Waals surface area contributed by atoms with Gasteiger partial charge in [-0.2, -0.15) is 0 Å². The van der Waals surface area contributed by atoms with Crippen LogP contribution in [0, 0.1) is 5.82 Å². The molecule has 3 aromatic rings. The van der Waals surface area contributed by atoms with Crippen LogP contribution in [0.1, 0.15) is 24.4 Å². The Labute approximate surface area is 177 Å². The molecular weight excluding hydrogens is 420 g/mol. The fourth-order valence-electron chi connectivity index (χ4n) is 2.60. The molecule has 2 aromatic carbocycles. The number of para-hydroxylation sites is 1. The number of rotatable bonds is 8. The van der Waals surface area contributed by atoms with Gasteiger partial charge in [0.15, 0.2) is 17.1 Å². The molecule has 0 radical (unpaired) electrons. The van der Waals surface area contributed by atoms with Crippen molar-refractivity contribution in [2.75, 3.05) is 0 Å². The molecule has 1 aromatic heterocycles. The third-order valence-corrected chi connectivity index (χ3v) is 5.63. The van der Waals surface area contributed by atoms with E-state index >= 15 is 0 Å². The summed E-state index contributed by atoms with van der Waals surface area (Å²) in [7, 11) is 0. The van der Waals surface area contributed by atoms with E-state index in [0.717, 1.165) is 0 Å². The van der Waals surface area contributed by atoms with Crippen molar-refractivity contribution in [2.45, 2.75) is 30.5 Å². The number of benzene rings is 2. The summed E-state index contributed by atoms with van der Waals surface area (Å²) in [5.74, 6) is 1.19. The molecule has 0 fully saturated rings. The quantitative estimate of drug-likeness (QED) is 0.304. The summed E-state index contributed by atoms with van der Waals surface area (Å²) >= 11 is 13.6. The van der Waals surface area contributed by atoms with E-state index in [9.17, 15) is 4.39 Å². The number of halogens is 3. The number of nitrogens with zero attached hydrogens (tertiary/aromatic N) is 3. The minimum atomic E-state index is -0.390. The number of hydrogen-bond donors (Lipinski definition) is 0. The Morgan fingerprint density at radius 3 is 2.64 bits per heavy atom. The van der Waals surface area contributed by atoms with Crippen LogP contribution in [-0.2, 0) is 12.3 Å². The lowest BCUT2D eigenvalue weighted by atomic mass is 10.2. The van der Waals surface area contributed by atoms with E-state index in [1.165, 1.54) is 17.8 Å². The number of ether oxygens (including phenoxy) is 1. The Morgan fingerprint density at radius 1 is 1.18 bits per heavy atom. The molecule has 1 atom stereocenters. The molecule has 1 unspecified atom stereocenters. The standard InChI is InChI=1S/C20H18Cl2FN3OS/c1-3-11-26-19(13(2)27-18-10-5-4-7-16(18)22)24-25-20(26)28-12-14-15(21)8-6-9-17(14)23/h3-10,13H,1,11-12H2,2H3. The van der Waals surface area contributed by atoms with E-state index in [0.29, 0.717) is 44.6 Å². The van der Waals surface area contributed by atoms with Crippen LogP contribution in [-0.4, -0.2) is 14.8 Å². The maximum absolute atomic E-state index is 14.0. The average Bonchev–Trinajstić information content (AvgIpc) is 3.06. The Hall–Kier alpha value is -2.02. The topological polar surface area (TPSA) is 39.9 Å². The van der Waals surface area contributed by atoms with Crippen molar-refractivity contribution in [2.24, 2.45) is 0 Å². The van der Waals surface area contributed by atoms with Gasteiger partial charge in [-0.25, -0.2) is 4.39 Å². The normalized spacial score (nSPS) is 12.0. The summed E-state index contributed by atoms with van der Waals surface area (Å²) in [6, 6.07) is 11.9. The highest BCUT2D eigenvalue weighted by atomic mass is 35.5. The second-order valence-electron chi connectivity index (χ2n) is 5.92. The van der Waals surface area contributed by atoms with Gasteiger partial charge >= 0.3 is 0 Å². The Morgan fingerprint density at radius 2 is 1.93 bits per heavy atom. The van der Waals surface area contributed by atoms with Gasteiger partial charge in [-0.15, -0.1) is 16.8 Å². The van der Waals surface area contributed by atoms with Crippen LogP contribution in [0.4, 0.5) is 4.39 Å². The van der Waals surface area contributed by atoms with Gasteiger partial charge in [0.25, 0.3) is 0 Å². The Balaban J connectivity index is 1.81. The van der Waals surface area contributed by atoms with E-state index in [4.69, 9.17) is 27.9 Å². The summed E-state index contributed by atoms with van der Waals surface area (Å²) in [6.45, 7) is 6.16. The van der Waals surface area contributed by atoms with Crippen LogP contribution in [0.3, 0.4) is 0 Å². The molecule has 0 spiro atoms. The summed E-state index contributed by atoms with van der Waals surface area (Å²) in [5, 5.41) is 10.0. The lowest BCUT2D eigenvalue weighted by Gasteiger charge is -2.16. The Kier molecular flexibility index (Phi) is 6.99. The van der Waals surface area contributed by atoms with E-state index in [1.807, 2.05) is 23.6 Å². The van der Waals surface area contributed by atoms with Gasteiger partial charge in [-0.05, 0) is 31.2 Å². The largest absolute Gasteiger partial charge is 0.481 e. The highest BCUT2D eigenvalue weighted by molar-refractivity contribution is 7.98. The summed E-state index contributed by atoms with van der Waals surface area (Å²) in [5.41, 5.74) is 0.434. The van der Waals surface area contributed by atoms with Gasteiger partial charge in [-0.1, -0.05) is 59.2 Å². The maximum atomic E-state index is 14.0. The van der Waals surface area contributed by atoms with Gasteiger partial charge < -0.3 is 4.74 Å². The van der Waals surface area contributed by atoms with Crippen LogP contribution >= 0.6 is 35.0 Å². The zero-order valence-electron chi connectivity index (χ0n) is 15.1. The molecule has 1 heterocycles. The van der Waals surface area contributed by atoms with Gasteiger partial charge in [0.1, 0.15) is 11.6 Å². The fraction of sp³-hybridized carbons (Fsp3) is 0.200. The average molecular weight is 438 g/mol. The molecule has 0 aliphatic carbocycles. The first kappa shape index (κ1) is 20.7. The van der Waals surface area contributed by atoms with Crippen LogP contribution in [0.2, 0.25) is 10.0 Å². The minimum absolute atomic E-state index is 0.334. The molecule has 0 aliphatic rings. The molecule has 0 saturated carbocycles. The second-order valence-corrected chi connectivity index (χ2v) is 7.68. The van der Waals surface area contributed by atoms with Crippen LogP contribution in [0.15, 0.2) is 60.3 Å². The predicted molar refractivity (Wildman–Crippen MR) is 112 cm³/mol. The smallest absolute Gasteiger partial charge is 0.191 e. The number of allylic oxidation sites excluding steroid dienone is 1. The van der Waals surface area contributed by atoms with Crippen LogP contribution in [0.25, 0.3) is 0 Å². The van der Waals surface area contributed by atoms with Gasteiger partial charge in [0.2, 0.25) is 0 Å². The number of aromatic nitrogens is 3. The molecule has 0 aliphatic heterocycles. The minimum Gasteiger partial charge on any atom is -0.481 e. The van der Waals surface area contributed by atoms with Gasteiger partial charge in [-0.3, -0.25) is 4.57 Å². The van der Waals surface area contributed by atoms with E-state index in [1.54, 1.807) is 30.3 Å². The predicted octanol–water partition coefficient (Wildman–Crippen LogP) is 6.34. The van der Waals surface area contributed by atoms with E-state index in [2.05, 4.69) is 16.8 Å². The van der Waals surface area contributed by atoms with Crippen LogP contribution < -0.4 is 4.74 Å². The van der Waals surface area contributed by atoms with Crippen molar-refractivity contribution in [1.29, 1.82) is 0 Å². The molecule has 0 N–H and O–H groups in total.